The molecule has 0 spiro atoms. The zero-order valence-electron chi connectivity index (χ0n) is 28.0. The highest BCUT2D eigenvalue weighted by molar-refractivity contribution is 6.07. The maximum Gasteiger partial charge on any atom is 0.264 e. The third kappa shape index (κ3) is 7.29. The highest BCUT2D eigenvalue weighted by atomic mass is 16.5. The summed E-state index contributed by atoms with van der Waals surface area (Å²) in [6.45, 7) is 4.19. The molecule has 2 unspecified atom stereocenters. The van der Waals surface area contributed by atoms with Crippen molar-refractivity contribution in [2.75, 3.05) is 37.0 Å². The Labute approximate surface area is 286 Å². The van der Waals surface area contributed by atoms with E-state index in [0.29, 0.717) is 47.9 Å². The van der Waals surface area contributed by atoms with E-state index in [9.17, 15) is 19.8 Å². The maximum atomic E-state index is 14.1. The number of ether oxygens (including phenoxy) is 1. The molecule has 1 fully saturated rings. The molecule has 1 aromatic heterocycles. The van der Waals surface area contributed by atoms with Gasteiger partial charge >= 0.3 is 0 Å². The Kier molecular flexibility index (Phi) is 10.5. The fourth-order valence-corrected chi connectivity index (χ4v) is 6.69. The molecule has 3 heterocycles. The van der Waals surface area contributed by atoms with Gasteiger partial charge in [0.2, 0.25) is 5.91 Å². The van der Waals surface area contributed by atoms with Gasteiger partial charge in [0.25, 0.3) is 5.91 Å². The standard InChI is InChI=1S/C38H44N6O5/c1-26(9-6-7-20-43-24-34(41-42-43)32(25-45)28-10-4-3-5-11-28)38(48)33-21-31(49-2)17-18-35(33)44(37(38)47)23-27-13-15-30(16-14-27)40-36(46)29-12-8-19-39-22-29/h3-6,9-11,13-18,21,24,26,29,32,39,45,48H,7-8,12,19-20,22-23,25H2,1-2H3,(H,40,46)/b9-6+/t26-,29?,32?,38+/m1/s1. The molecule has 2 aliphatic heterocycles. The van der Waals surface area contributed by atoms with E-state index in [1.54, 1.807) is 28.8 Å². The molecule has 4 aromatic rings. The van der Waals surface area contributed by atoms with Crippen molar-refractivity contribution in [3.63, 3.8) is 0 Å². The number of carbonyl (C=O) groups excluding carboxylic acids is 2. The number of allylic oxidation sites excluding steroid dienone is 1. The van der Waals surface area contributed by atoms with Gasteiger partial charge in [0.1, 0.15) is 5.75 Å². The van der Waals surface area contributed by atoms with E-state index < -0.39 is 17.4 Å². The van der Waals surface area contributed by atoms with Gasteiger partial charge in [0.15, 0.2) is 5.60 Å². The molecular weight excluding hydrogens is 620 g/mol. The van der Waals surface area contributed by atoms with Crippen molar-refractivity contribution in [1.29, 1.82) is 0 Å². The third-order valence-electron chi connectivity index (χ3n) is 9.61. The summed E-state index contributed by atoms with van der Waals surface area (Å²) in [6, 6.07) is 22.5. The Morgan fingerprint density at radius 1 is 1.16 bits per heavy atom. The fraction of sp³-hybridized carbons (Fsp3) is 0.368. The molecule has 2 amide bonds. The molecule has 6 rings (SSSR count). The van der Waals surface area contributed by atoms with Gasteiger partial charge in [-0.15, -0.1) is 5.10 Å². The van der Waals surface area contributed by atoms with Gasteiger partial charge in [-0.2, -0.15) is 0 Å². The van der Waals surface area contributed by atoms with Crippen molar-refractivity contribution >= 4 is 23.2 Å². The molecule has 0 saturated carbocycles. The van der Waals surface area contributed by atoms with E-state index >= 15 is 0 Å². The van der Waals surface area contributed by atoms with Crippen LogP contribution in [0.4, 0.5) is 11.4 Å². The van der Waals surface area contributed by atoms with E-state index in [-0.39, 0.29) is 30.9 Å². The van der Waals surface area contributed by atoms with Crippen LogP contribution in [0.2, 0.25) is 0 Å². The molecular formula is C38H44N6O5. The molecule has 11 nitrogen and oxygen atoms in total. The number of benzene rings is 3. The first kappa shape index (κ1) is 34.0. The van der Waals surface area contributed by atoms with Crippen LogP contribution >= 0.6 is 0 Å². The summed E-state index contributed by atoms with van der Waals surface area (Å²) >= 11 is 0. The van der Waals surface area contributed by atoms with Crippen LogP contribution in [0.15, 0.2) is 91.1 Å². The predicted molar refractivity (Wildman–Crippen MR) is 187 cm³/mol. The van der Waals surface area contributed by atoms with Crippen molar-refractivity contribution in [2.45, 2.75) is 50.8 Å². The number of nitrogens with zero attached hydrogens (tertiary/aromatic N) is 4. The number of fused-ring (bicyclic) bond motifs is 1. The van der Waals surface area contributed by atoms with Crippen LogP contribution in [0, 0.1) is 11.8 Å². The number of carbonyl (C=O) groups is 2. The van der Waals surface area contributed by atoms with E-state index in [1.807, 2.05) is 85.9 Å². The van der Waals surface area contributed by atoms with Gasteiger partial charge < -0.3 is 30.5 Å². The molecule has 11 heteroatoms. The first-order valence-electron chi connectivity index (χ1n) is 16.9. The summed E-state index contributed by atoms with van der Waals surface area (Å²) in [7, 11) is 1.56. The summed E-state index contributed by atoms with van der Waals surface area (Å²) in [4.78, 5) is 28.4. The molecule has 256 valence electrons. The van der Waals surface area contributed by atoms with Gasteiger partial charge in [-0.05, 0) is 67.3 Å². The van der Waals surface area contributed by atoms with Crippen LogP contribution in [-0.4, -0.2) is 63.8 Å². The van der Waals surface area contributed by atoms with Gasteiger partial charge in [0, 0.05) is 36.5 Å². The van der Waals surface area contributed by atoms with Gasteiger partial charge in [0.05, 0.1) is 43.5 Å². The van der Waals surface area contributed by atoms with E-state index in [1.165, 1.54) is 0 Å². The second-order valence-corrected chi connectivity index (χ2v) is 12.8. The minimum Gasteiger partial charge on any atom is -0.497 e. The third-order valence-corrected chi connectivity index (χ3v) is 9.61. The van der Waals surface area contributed by atoms with Crippen LogP contribution in [0.1, 0.15) is 54.5 Å². The average Bonchev–Trinajstić information content (AvgIpc) is 3.69. The minimum atomic E-state index is -1.80. The summed E-state index contributed by atoms with van der Waals surface area (Å²) in [5.74, 6) is -0.698. The molecule has 4 atom stereocenters. The van der Waals surface area contributed by atoms with Crippen molar-refractivity contribution in [1.82, 2.24) is 20.3 Å². The van der Waals surface area contributed by atoms with E-state index in [2.05, 4.69) is 20.9 Å². The summed E-state index contributed by atoms with van der Waals surface area (Å²) in [5.41, 5.74) is 2.56. The first-order valence-corrected chi connectivity index (χ1v) is 16.9. The molecule has 0 bridgehead atoms. The lowest BCUT2D eigenvalue weighted by molar-refractivity contribution is -0.139. The number of rotatable bonds is 13. The average molecular weight is 665 g/mol. The van der Waals surface area contributed by atoms with Crippen LogP contribution in [0.3, 0.4) is 0 Å². The maximum absolute atomic E-state index is 14.1. The van der Waals surface area contributed by atoms with E-state index in [4.69, 9.17) is 4.74 Å². The first-order chi connectivity index (χ1) is 23.8. The van der Waals surface area contributed by atoms with Crippen LogP contribution in [0.5, 0.6) is 5.75 Å². The lowest BCUT2D eigenvalue weighted by Gasteiger charge is -2.28. The molecule has 49 heavy (non-hydrogen) atoms. The summed E-state index contributed by atoms with van der Waals surface area (Å²) < 4.78 is 7.20. The minimum absolute atomic E-state index is 0.00841. The normalized spacial score (nSPS) is 20.3. The zero-order chi connectivity index (χ0) is 34.4. The Hall–Kier alpha value is -4.84. The van der Waals surface area contributed by atoms with Gasteiger partial charge in [-0.25, -0.2) is 0 Å². The summed E-state index contributed by atoms with van der Waals surface area (Å²) in [5, 5.41) is 36.9. The van der Waals surface area contributed by atoms with Crippen LogP contribution in [-0.2, 0) is 28.3 Å². The zero-order valence-corrected chi connectivity index (χ0v) is 28.0. The largest absolute Gasteiger partial charge is 0.497 e. The predicted octanol–water partition coefficient (Wildman–Crippen LogP) is 4.37. The number of aliphatic hydroxyl groups excluding tert-OH is 1. The van der Waals surface area contributed by atoms with E-state index in [0.717, 1.165) is 30.5 Å². The Bertz CT molecular complexity index is 1770. The monoisotopic (exact) mass is 664 g/mol. The molecule has 1 saturated heterocycles. The quantitative estimate of drug-likeness (QED) is 0.155. The lowest BCUT2D eigenvalue weighted by Crippen LogP contribution is -2.44. The second-order valence-electron chi connectivity index (χ2n) is 12.8. The number of hydrogen-bond acceptors (Lipinski definition) is 8. The number of aromatic nitrogens is 3. The number of anilines is 2. The molecule has 0 radical (unpaired) electrons. The molecule has 4 N–H and O–H groups in total. The second kappa shape index (κ2) is 15.1. The van der Waals surface area contributed by atoms with Crippen LogP contribution in [0.25, 0.3) is 0 Å². The Morgan fingerprint density at radius 2 is 1.96 bits per heavy atom. The molecule has 3 aromatic carbocycles. The fourth-order valence-electron chi connectivity index (χ4n) is 6.69. The Balaban J connectivity index is 1.12. The topological polar surface area (TPSA) is 142 Å². The Morgan fingerprint density at radius 3 is 2.67 bits per heavy atom. The highest BCUT2D eigenvalue weighted by Crippen LogP contribution is 2.47. The summed E-state index contributed by atoms with van der Waals surface area (Å²) in [6.07, 6.45) is 8.11. The number of methoxy groups -OCH3 is 1. The number of hydrogen-bond donors (Lipinski definition) is 4. The molecule has 0 aliphatic carbocycles. The SMILES string of the molecule is COc1ccc2c(c1)[C@@](O)([C@H](C)/C=C/CCn1cc(C(CO)c3ccccc3)nn1)C(=O)N2Cc1ccc(NC(=O)C2CCCNC2)cc1. The van der Waals surface area contributed by atoms with Gasteiger partial charge in [-0.1, -0.05) is 66.8 Å². The molecule has 2 aliphatic rings. The van der Waals surface area contributed by atoms with Crippen LogP contribution < -0.4 is 20.3 Å². The lowest BCUT2D eigenvalue weighted by atomic mass is 9.83. The van der Waals surface area contributed by atoms with Crippen molar-refractivity contribution in [3.8, 4) is 5.75 Å². The highest BCUT2D eigenvalue weighted by Gasteiger charge is 2.52. The van der Waals surface area contributed by atoms with Crippen molar-refractivity contribution in [2.24, 2.45) is 11.8 Å². The smallest absolute Gasteiger partial charge is 0.264 e. The van der Waals surface area contributed by atoms with Gasteiger partial charge in [-0.3, -0.25) is 14.3 Å². The number of piperidine rings is 1. The number of amides is 2. The number of aliphatic hydroxyl groups is 2. The van der Waals surface area contributed by atoms with Crippen molar-refractivity contribution < 1.29 is 24.5 Å². The van der Waals surface area contributed by atoms with Crippen molar-refractivity contribution in [3.05, 3.63) is 114 Å². The number of nitrogens with one attached hydrogen (secondary N) is 2. The number of aryl methyl sites for hydroxylation is 1.